The molecule has 1 aliphatic carbocycles. The molecule has 1 aliphatic heterocycles. The van der Waals surface area contributed by atoms with Gasteiger partial charge in [-0.25, -0.2) is 4.90 Å². The number of halogens is 2. The number of allylic oxidation sites excluding steroid dienone is 1. The average molecular weight is 367 g/mol. The van der Waals surface area contributed by atoms with E-state index >= 15 is 0 Å². The van der Waals surface area contributed by atoms with Gasteiger partial charge in [0.25, 0.3) is 5.91 Å². The number of hydrogen-bond acceptors (Lipinski definition) is 3. The number of nitrogens with one attached hydrogen (secondary N) is 1. The summed E-state index contributed by atoms with van der Waals surface area (Å²) in [5, 5.41) is 3.77. The topological polar surface area (TPSA) is 49.4 Å². The van der Waals surface area contributed by atoms with Crippen molar-refractivity contribution in [1.82, 2.24) is 5.32 Å². The normalized spacial score (nSPS) is 21.3. The second kappa shape index (κ2) is 7.68. The number of anilines is 1. The molecule has 0 spiro atoms. The van der Waals surface area contributed by atoms with Crippen LogP contribution in [-0.4, -0.2) is 24.4 Å². The molecule has 0 radical (unpaired) electrons. The molecule has 1 N–H and O–H groups in total. The van der Waals surface area contributed by atoms with E-state index in [0.29, 0.717) is 17.3 Å². The molecule has 1 aromatic rings. The van der Waals surface area contributed by atoms with Crippen LogP contribution >= 0.6 is 23.2 Å². The Morgan fingerprint density at radius 1 is 1.21 bits per heavy atom. The van der Waals surface area contributed by atoms with Gasteiger partial charge in [0.2, 0.25) is 5.91 Å². The van der Waals surface area contributed by atoms with Crippen molar-refractivity contribution >= 4 is 40.7 Å². The number of nitrogens with zero attached hydrogens (tertiary/aromatic N) is 1. The molecule has 24 heavy (non-hydrogen) atoms. The Kier molecular flexibility index (Phi) is 5.59. The van der Waals surface area contributed by atoms with Gasteiger partial charge in [-0.2, -0.15) is 0 Å². The molecule has 1 atom stereocenters. The minimum atomic E-state index is -0.489. The van der Waals surface area contributed by atoms with Crippen LogP contribution in [0.1, 0.15) is 38.5 Å². The highest BCUT2D eigenvalue weighted by atomic mass is 35.5. The molecule has 2 amide bonds. The molecule has 1 unspecified atom stereocenters. The maximum absolute atomic E-state index is 12.6. The van der Waals surface area contributed by atoms with Crippen molar-refractivity contribution < 1.29 is 9.59 Å². The zero-order valence-electron chi connectivity index (χ0n) is 13.4. The van der Waals surface area contributed by atoms with Crippen LogP contribution in [-0.2, 0) is 9.59 Å². The number of amides is 2. The molecule has 1 aromatic carbocycles. The van der Waals surface area contributed by atoms with E-state index in [0.717, 1.165) is 24.2 Å². The summed E-state index contributed by atoms with van der Waals surface area (Å²) >= 11 is 12.1. The van der Waals surface area contributed by atoms with E-state index in [1.165, 1.54) is 18.4 Å². The SMILES string of the molecule is O=C1CC(NCCC2=CCCCC2)C(=O)N1c1cccc(Cl)c1Cl. The lowest BCUT2D eigenvalue weighted by molar-refractivity contribution is -0.121. The van der Waals surface area contributed by atoms with E-state index in [-0.39, 0.29) is 23.3 Å². The van der Waals surface area contributed by atoms with Gasteiger partial charge >= 0.3 is 0 Å². The largest absolute Gasteiger partial charge is 0.305 e. The predicted octanol–water partition coefficient (Wildman–Crippen LogP) is 4.11. The van der Waals surface area contributed by atoms with Crippen LogP contribution in [0.25, 0.3) is 0 Å². The molecule has 128 valence electrons. The molecular weight excluding hydrogens is 347 g/mol. The van der Waals surface area contributed by atoms with Crippen molar-refractivity contribution in [3.8, 4) is 0 Å². The average Bonchev–Trinajstić information content (AvgIpc) is 2.86. The maximum Gasteiger partial charge on any atom is 0.251 e. The lowest BCUT2D eigenvalue weighted by Crippen LogP contribution is -2.39. The highest BCUT2D eigenvalue weighted by Gasteiger charge is 2.40. The molecule has 1 heterocycles. The van der Waals surface area contributed by atoms with Gasteiger partial charge < -0.3 is 5.32 Å². The minimum absolute atomic E-state index is 0.153. The number of carbonyl (C=O) groups excluding carboxylic acids is 2. The fraction of sp³-hybridized carbons (Fsp3) is 0.444. The summed E-state index contributed by atoms with van der Waals surface area (Å²) in [4.78, 5) is 26.0. The van der Waals surface area contributed by atoms with Gasteiger partial charge in [-0.3, -0.25) is 9.59 Å². The number of rotatable bonds is 5. The van der Waals surface area contributed by atoms with Crippen molar-refractivity contribution in [3.63, 3.8) is 0 Å². The smallest absolute Gasteiger partial charge is 0.251 e. The first-order valence-corrected chi connectivity index (χ1v) is 9.05. The third kappa shape index (κ3) is 3.66. The van der Waals surface area contributed by atoms with Crippen LogP contribution in [0.4, 0.5) is 5.69 Å². The van der Waals surface area contributed by atoms with Crippen LogP contribution in [0.15, 0.2) is 29.8 Å². The Balaban J connectivity index is 1.63. The molecule has 0 aromatic heterocycles. The van der Waals surface area contributed by atoms with E-state index in [4.69, 9.17) is 23.2 Å². The third-order valence-corrected chi connectivity index (χ3v) is 5.35. The van der Waals surface area contributed by atoms with Crippen LogP contribution in [0.2, 0.25) is 10.0 Å². The Morgan fingerprint density at radius 3 is 2.79 bits per heavy atom. The van der Waals surface area contributed by atoms with E-state index in [2.05, 4.69) is 11.4 Å². The monoisotopic (exact) mass is 366 g/mol. The summed E-state index contributed by atoms with van der Waals surface area (Å²) in [5.74, 6) is -0.514. The van der Waals surface area contributed by atoms with Gasteiger partial charge in [0.1, 0.15) is 0 Å². The van der Waals surface area contributed by atoms with Crippen LogP contribution in [0.3, 0.4) is 0 Å². The summed E-state index contributed by atoms with van der Waals surface area (Å²) in [6.07, 6.45) is 8.18. The van der Waals surface area contributed by atoms with Gasteiger partial charge in [-0.15, -0.1) is 0 Å². The first-order chi connectivity index (χ1) is 11.6. The molecule has 2 aliphatic rings. The first kappa shape index (κ1) is 17.5. The van der Waals surface area contributed by atoms with Crippen LogP contribution in [0.5, 0.6) is 0 Å². The van der Waals surface area contributed by atoms with Gasteiger partial charge in [0, 0.05) is 0 Å². The van der Waals surface area contributed by atoms with E-state index in [1.807, 2.05) is 0 Å². The Bertz CT molecular complexity index is 688. The van der Waals surface area contributed by atoms with E-state index in [1.54, 1.807) is 18.2 Å². The standard InChI is InChI=1S/C18H20Cl2N2O2/c19-13-7-4-8-15(17(13)20)22-16(23)11-14(18(22)24)21-10-9-12-5-2-1-3-6-12/h4-5,7-8,14,21H,1-3,6,9-11H2. The highest BCUT2D eigenvalue weighted by Crippen LogP contribution is 2.35. The van der Waals surface area contributed by atoms with E-state index < -0.39 is 6.04 Å². The fourth-order valence-corrected chi connectivity index (χ4v) is 3.63. The summed E-state index contributed by atoms with van der Waals surface area (Å²) in [5.41, 5.74) is 1.80. The zero-order valence-corrected chi connectivity index (χ0v) is 14.9. The van der Waals surface area contributed by atoms with Crippen molar-refractivity contribution in [1.29, 1.82) is 0 Å². The maximum atomic E-state index is 12.6. The molecule has 3 rings (SSSR count). The fourth-order valence-electron chi connectivity index (χ4n) is 3.25. The molecule has 1 saturated heterocycles. The number of benzene rings is 1. The predicted molar refractivity (Wildman–Crippen MR) is 96.5 cm³/mol. The molecule has 1 fully saturated rings. The van der Waals surface area contributed by atoms with Gasteiger partial charge in [-0.1, -0.05) is 40.9 Å². The van der Waals surface area contributed by atoms with Crippen molar-refractivity contribution in [2.45, 2.75) is 44.6 Å². The van der Waals surface area contributed by atoms with Gasteiger partial charge in [0.05, 0.1) is 28.2 Å². The molecular formula is C18H20Cl2N2O2. The lowest BCUT2D eigenvalue weighted by Gasteiger charge is -2.18. The number of imide groups is 1. The summed E-state index contributed by atoms with van der Waals surface area (Å²) in [6, 6.07) is 4.46. The van der Waals surface area contributed by atoms with Gasteiger partial charge in [0.15, 0.2) is 0 Å². The molecule has 0 saturated carbocycles. The first-order valence-electron chi connectivity index (χ1n) is 8.30. The Hall–Kier alpha value is -1.36. The summed E-state index contributed by atoms with van der Waals surface area (Å²) in [6.45, 7) is 0.701. The van der Waals surface area contributed by atoms with Crippen LogP contribution in [0, 0.1) is 0 Å². The lowest BCUT2D eigenvalue weighted by atomic mass is 9.97. The summed E-state index contributed by atoms with van der Waals surface area (Å²) < 4.78 is 0. The quantitative estimate of drug-likeness (QED) is 0.630. The zero-order chi connectivity index (χ0) is 17.1. The highest BCUT2D eigenvalue weighted by molar-refractivity contribution is 6.44. The van der Waals surface area contributed by atoms with Crippen LogP contribution < -0.4 is 10.2 Å². The number of hydrogen-bond donors (Lipinski definition) is 1. The van der Waals surface area contributed by atoms with Gasteiger partial charge in [-0.05, 0) is 50.8 Å². The minimum Gasteiger partial charge on any atom is -0.305 e. The Morgan fingerprint density at radius 2 is 2.04 bits per heavy atom. The van der Waals surface area contributed by atoms with Crippen molar-refractivity contribution in [2.24, 2.45) is 0 Å². The molecule has 4 nitrogen and oxygen atoms in total. The third-order valence-electron chi connectivity index (χ3n) is 4.54. The molecule has 0 bridgehead atoms. The van der Waals surface area contributed by atoms with Crippen molar-refractivity contribution in [2.75, 3.05) is 11.4 Å². The van der Waals surface area contributed by atoms with Crippen molar-refractivity contribution in [3.05, 3.63) is 39.9 Å². The molecule has 6 heteroatoms. The Labute approximate surface area is 151 Å². The second-order valence-corrected chi connectivity index (χ2v) is 6.99. The second-order valence-electron chi connectivity index (χ2n) is 6.21. The van der Waals surface area contributed by atoms with E-state index in [9.17, 15) is 9.59 Å². The number of carbonyl (C=O) groups is 2. The summed E-state index contributed by atoms with van der Waals surface area (Å²) in [7, 11) is 0.